The Labute approximate surface area is 118 Å². The van der Waals surface area contributed by atoms with Crippen LogP contribution in [0.15, 0.2) is 24.3 Å². The first-order valence-electron chi connectivity index (χ1n) is 6.74. The fourth-order valence-corrected chi connectivity index (χ4v) is 2.54. The SMILES string of the molecule is COC(=O)CNC(=O)[C@H](C)N1C[C@@H](C)c2ccccc21. The van der Waals surface area contributed by atoms with E-state index in [-0.39, 0.29) is 18.5 Å². The van der Waals surface area contributed by atoms with Gasteiger partial charge in [-0.05, 0) is 18.6 Å². The third-order valence-electron chi connectivity index (χ3n) is 3.73. The number of amides is 1. The van der Waals surface area contributed by atoms with Gasteiger partial charge in [0.15, 0.2) is 0 Å². The largest absolute Gasteiger partial charge is 0.468 e. The van der Waals surface area contributed by atoms with Crippen LogP contribution >= 0.6 is 0 Å². The standard InChI is InChI=1S/C15H20N2O3/c1-10-9-17(13-7-5-4-6-12(10)13)11(2)15(19)16-8-14(18)20-3/h4-7,10-11H,8-9H2,1-3H3,(H,16,19)/t10-,11+/m1/s1. The summed E-state index contributed by atoms with van der Waals surface area (Å²) in [6.45, 7) is 4.72. The minimum absolute atomic E-state index is 0.0925. The lowest BCUT2D eigenvalue weighted by atomic mass is 10.0. The third kappa shape index (κ3) is 2.76. The highest BCUT2D eigenvalue weighted by Gasteiger charge is 2.31. The maximum Gasteiger partial charge on any atom is 0.325 e. The fraction of sp³-hybridized carbons (Fsp3) is 0.467. The number of hydrogen-bond acceptors (Lipinski definition) is 4. The van der Waals surface area contributed by atoms with Gasteiger partial charge in [0.1, 0.15) is 12.6 Å². The first-order valence-corrected chi connectivity index (χ1v) is 6.74. The van der Waals surface area contributed by atoms with Crippen molar-refractivity contribution in [1.82, 2.24) is 5.32 Å². The average Bonchev–Trinajstić information content (AvgIpc) is 2.81. The maximum absolute atomic E-state index is 12.1. The van der Waals surface area contributed by atoms with E-state index < -0.39 is 5.97 Å². The van der Waals surface area contributed by atoms with Crippen LogP contribution in [0.1, 0.15) is 25.3 Å². The molecular weight excluding hydrogens is 256 g/mol. The Morgan fingerprint density at radius 3 is 2.85 bits per heavy atom. The van der Waals surface area contributed by atoms with E-state index in [9.17, 15) is 9.59 Å². The molecule has 0 saturated heterocycles. The highest BCUT2D eigenvalue weighted by atomic mass is 16.5. The molecule has 5 nitrogen and oxygen atoms in total. The molecule has 1 aromatic carbocycles. The Morgan fingerprint density at radius 1 is 1.45 bits per heavy atom. The summed E-state index contributed by atoms with van der Waals surface area (Å²) in [4.78, 5) is 25.2. The molecule has 2 rings (SSSR count). The lowest BCUT2D eigenvalue weighted by Crippen LogP contribution is -2.46. The molecule has 2 atom stereocenters. The van der Waals surface area contributed by atoms with Crippen LogP contribution in [0.4, 0.5) is 5.69 Å². The van der Waals surface area contributed by atoms with Gasteiger partial charge in [-0.25, -0.2) is 0 Å². The van der Waals surface area contributed by atoms with Crippen molar-refractivity contribution in [2.75, 3.05) is 25.1 Å². The quantitative estimate of drug-likeness (QED) is 0.842. The minimum Gasteiger partial charge on any atom is -0.468 e. The Hall–Kier alpha value is -2.04. The van der Waals surface area contributed by atoms with Crippen molar-refractivity contribution < 1.29 is 14.3 Å². The number of benzene rings is 1. The number of carbonyl (C=O) groups is 2. The van der Waals surface area contributed by atoms with E-state index >= 15 is 0 Å². The smallest absolute Gasteiger partial charge is 0.325 e. The lowest BCUT2D eigenvalue weighted by molar-refractivity contribution is -0.141. The molecule has 1 aliphatic heterocycles. The van der Waals surface area contributed by atoms with E-state index in [1.54, 1.807) is 0 Å². The third-order valence-corrected chi connectivity index (χ3v) is 3.73. The van der Waals surface area contributed by atoms with Gasteiger partial charge in [0, 0.05) is 18.2 Å². The number of nitrogens with zero attached hydrogens (tertiary/aromatic N) is 1. The van der Waals surface area contributed by atoms with Gasteiger partial charge in [0.25, 0.3) is 0 Å². The molecule has 0 aromatic heterocycles. The monoisotopic (exact) mass is 276 g/mol. The average molecular weight is 276 g/mol. The Bertz CT molecular complexity index is 516. The molecule has 0 saturated carbocycles. The normalized spacial score (nSPS) is 18.4. The van der Waals surface area contributed by atoms with Crippen molar-refractivity contribution in [3.63, 3.8) is 0 Å². The van der Waals surface area contributed by atoms with Crippen LogP contribution in [-0.2, 0) is 14.3 Å². The molecule has 0 bridgehead atoms. The number of rotatable bonds is 4. The van der Waals surface area contributed by atoms with Crippen molar-refractivity contribution in [3.8, 4) is 0 Å². The molecule has 108 valence electrons. The minimum atomic E-state index is -0.444. The Balaban J connectivity index is 2.05. The highest BCUT2D eigenvalue weighted by molar-refractivity contribution is 5.88. The second-order valence-electron chi connectivity index (χ2n) is 5.08. The van der Waals surface area contributed by atoms with Gasteiger partial charge >= 0.3 is 5.97 Å². The number of esters is 1. The van der Waals surface area contributed by atoms with Crippen LogP contribution in [0.25, 0.3) is 0 Å². The molecular formula is C15H20N2O3. The maximum atomic E-state index is 12.1. The molecule has 0 unspecified atom stereocenters. The van der Waals surface area contributed by atoms with Crippen LogP contribution < -0.4 is 10.2 Å². The summed E-state index contributed by atoms with van der Waals surface area (Å²) in [7, 11) is 1.30. The summed E-state index contributed by atoms with van der Waals surface area (Å²) >= 11 is 0. The van der Waals surface area contributed by atoms with Crippen molar-refractivity contribution in [2.24, 2.45) is 0 Å². The van der Waals surface area contributed by atoms with Crippen LogP contribution in [0.2, 0.25) is 0 Å². The molecule has 5 heteroatoms. The van der Waals surface area contributed by atoms with E-state index in [1.807, 2.05) is 25.1 Å². The number of para-hydroxylation sites is 1. The van der Waals surface area contributed by atoms with Gasteiger partial charge in [0.05, 0.1) is 7.11 Å². The molecule has 20 heavy (non-hydrogen) atoms. The number of ether oxygens (including phenoxy) is 1. The highest BCUT2D eigenvalue weighted by Crippen LogP contribution is 2.36. The number of anilines is 1. The molecule has 0 aliphatic carbocycles. The van der Waals surface area contributed by atoms with Gasteiger partial charge in [-0.15, -0.1) is 0 Å². The number of carbonyl (C=O) groups excluding carboxylic acids is 2. The van der Waals surface area contributed by atoms with Crippen LogP contribution in [0.5, 0.6) is 0 Å². The van der Waals surface area contributed by atoms with E-state index in [0.29, 0.717) is 5.92 Å². The van der Waals surface area contributed by atoms with Crippen LogP contribution in [-0.4, -0.2) is 38.1 Å². The fourth-order valence-electron chi connectivity index (χ4n) is 2.54. The number of methoxy groups -OCH3 is 1. The van der Waals surface area contributed by atoms with Crippen molar-refractivity contribution >= 4 is 17.6 Å². The van der Waals surface area contributed by atoms with Crippen molar-refractivity contribution in [2.45, 2.75) is 25.8 Å². The van der Waals surface area contributed by atoms with Crippen LogP contribution in [0.3, 0.4) is 0 Å². The lowest BCUT2D eigenvalue weighted by Gasteiger charge is -2.26. The van der Waals surface area contributed by atoms with Gasteiger partial charge in [-0.3, -0.25) is 9.59 Å². The second-order valence-corrected chi connectivity index (χ2v) is 5.08. The summed E-state index contributed by atoms with van der Waals surface area (Å²) in [6.07, 6.45) is 0. The molecule has 0 radical (unpaired) electrons. The van der Waals surface area contributed by atoms with E-state index in [1.165, 1.54) is 12.7 Å². The molecule has 0 spiro atoms. The van der Waals surface area contributed by atoms with Gasteiger partial charge in [-0.2, -0.15) is 0 Å². The van der Waals surface area contributed by atoms with Crippen LogP contribution in [0, 0.1) is 0 Å². The second kappa shape index (κ2) is 5.94. The summed E-state index contributed by atoms with van der Waals surface area (Å²) in [6, 6.07) is 7.80. The Kier molecular flexibility index (Phi) is 4.27. The van der Waals surface area contributed by atoms with Gasteiger partial charge < -0.3 is 15.0 Å². The van der Waals surface area contributed by atoms with E-state index in [2.05, 4.69) is 27.9 Å². The van der Waals surface area contributed by atoms with Crippen molar-refractivity contribution in [3.05, 3.63) is 29.8 Å². The molecule has 1 aliphatic rings. The number of nitrogens with one attached hydrogen (secondary N) is 1. The first kappa shape index (κ1) is 14.4. The summed E-state index contributed by atoms with van der Waals surface area (Å²) in [5.74, 6) is -0.206. The van der Waals surface area contributed by atoms with Gasteiger partial charge in [0.2, 0.25) is 5.91 Å². The molecule has 1 heterocycles. The number of hydrogen-bond donors (Lipinski definition) is 1. The zero-order valence-corrected chi connectivity index (χ0v) is 12.1. The number of fused-ring (bicyclic) bond motifs is 1. The molecule has 0 fully saturated rings. The van der Waals surface area contributed by atoms with Gasteiger partial charge in [-0.1, -0.05) is 25.1 Å². The van der Waals surface area contributed by atoms with E-state index in [4.69, 9.17) is 0 Å². The predicted octanol–water partition coefficient (Wildman–Crippen LogP) is 1.29. The predicted molar refractivity (Wildman–Crippen MR) is 76.7 cm³/mol. The summed E-state index contributed by atoms with van der Waals surface area (Å²) in [5.41, 5.74) is 2.36. The molecule has 1 amide bonds. The van der Waals surface area contributed by atoms with E-state index in [0.717, 1.165) is 12.2 Å². The zero-order valence-electron chi connectivity index (χ0n) is 12.1. The zero-order chi connectivity index (χ0) is 14.7. The van der Waals surface area contributed by atoms with Crippen molar-refractivity contribution in [1.29, 1.82) is 0 Å². The Morgan fingerprint density at radius 2 is 2.15 bits per heavy atom. The topological polar surface area (TPSA) is 58.6 Å². The summed E-state index contributed by atoms with van der Waals surface area (Å²) in [5, 5.41) is 2.60. The molecule has 1 N–H and O–H groups in total. The first-order chi connectivity index (χ1) is 9.54. The molecule has 1 aromatic rings. The summed E-state index contributed by atoms with van der Waals surface area (Å²) < 4.78 is 4.51.